The van der Waals surface area contributed by atoms with E-state index in [0.29, 0.717) is 11.8 Å². The Bertz CT molecular complexity index is 856. The first kappa shape index (κ1) is 22.2. The highest BCUT2D eigenvalue weighted by molar-refractivity contribution is 6.07. The molecular formula is C20H23F4N3O3. The molecule has 0 unspecified atom stereocenters. The summed E-state index contributed by atoms with van der Waals surface area (Å²) in [6.07, 6.45) is -3.13. The van der Waals surface area contributed by atoms with Crippen molar-refractivity contribution in [2.75, 3.05) is 20.1 Å². The number of carbonyl (C=O) groups is 2. The Labute approximate surface area is 171 Å². The molecule has 2 heterocycles. The van der Waals surface area contributed by atoms with Crippen LogP contribution in [0.4, 0.5) is 17.6 Å². The van der Waals surface area contributed by atoms with E-state index in [1.807, 2.05) is 26.1 Å². The number of benzene rings is 1. The summed E-state index contributed by atoms with van der Waals surface area (Å²) in [5, 5.41) is 7.12. The number of carbonyl (C=O) groups excluding carboxylic acids is 1. The Hall–Kier alpha value is -2.49. The van der Waals surface area contributed by atoms with E-state index in [1.165, 1.54) is 12.1 Å². The molecular weight excluding hydrogens is 406 g/mol. The van der Waals surface area contributed by atoms with E-state index in [0.717, 1.165) is 43.9 Å². The number of aliphatic imine (C=N–C) groups is 1. The molecule has 1 saturated heterocycles. The quantitative estimate of drug-likeness (QED) is 0.734. The fourth-order valence-electron chi connectivity index (χ4n) is 4.62. The van der Waals surface area contributed by atoms with E-state index < -0.39 is 17.7 Å². The van der Waals surface area contributed by atoms with Crippen LogP contribution in [0.2, 0.25) is 0 Å². The second-order valence-corrected chi connectivity index (χ2v) is 7.98. The number of rotatable bonds is 2. The third-order valence-electron chi connectivity index (χ3n) is 6.11. The van der Waals surface area contributed by atoms with Gasteiger partial charge in [-0.3, -0.25) is 14.7 Å². The van der Waals surface area contributed by atoms with Gasteiger partial charge >= 0.3 is 12.1 Å². The number of aliphatic carboxylic acids is 1. The summed E-state index contributed by atoms with van der Waals surface area (Å²) in [5.41, 5.74) is 0.607. The van der Waals surface area contributed by atoms with E-state index in [2.05, 4.69) is 4.90 Å². The highest BCUT2D eigenvalue weighted by Crippen LogP contribution is 2.50. The normalized spacial score (nSPS) is 28.4. The molecule has 4 rings (SSSR count). The highest BCUT2D eigenvalue weighted by Gasteiger charge is 2.59. The molecule has 1 aromatic carbocycles. The van der Waals surface area contributed by atoms with E-state index in [1.54, 1.807) is 4.90 Å². The molecule has 3 aliphatic rings. The van der Waals surface area contributed by atoms with Crippen LogP contribution >= 0.6 is 0 Å². The maximum Gasteiger partial charge on any atom is 0.490 e. The number of fused-ring (bicyclic) bond motifs is 2. The number of halogens is 4. The first-order chi connectivity index (χ1) is 13.9. The lowest BCUT2D eigenvalue weighted by molar-refractivity contribution is -0.192. The molecule has 1 aliphatic carbocycles. The van der Waals surface area contributed by atoms with Gasteiger partial charge in [0, 0.05) is 32.6 Å². The number of hydrogen-bond acceptors (Lipinski definition) is 4. The largest absolute Gasteiger partial charge is 0.490 e. The van der Waals surface area contributed by atoms with Crippen LogP contribution in [0.3, 0.4) is 0 Å². The molecule has 2 aliphatic heterocycles. The average molecular weight is 429 g/mol. The van der Waals surface area contributed by atoms with Crippen LogP contribution in [-0.4, -0.2) is 64.5 Å². The summed E-state index contributed by atoms with van der Waals surface area (Å²) in [7, 11) is 1.83. The monoisotopic (exact) mass is 429 g/mol. The molecule has 0 aromatic heterocycles. The van der Waals surface area contributed by atoms with Gasteiger partial charge in [-0.1, -0.05) is 12.1 Å². The van der Waals surface area contributed by atoms with Gasteiger partial charge in [0.05, 0.1) is 0 Å². The molecule has 164 valence electrons. The Morgan fingerprint density at radius 1 is 1.27 bits per heavy atom. The van der Waals surface area contributed by atoms with Crippen molar-refractivity contribution in [1.29, 1.82) is 0 Å². The predicted octanol–water partition coefficient (Wildman–Crippen LogP) is 2.93. The summed E-state index contributed by atoms with van der Waals surface area (Å²) < 4.78 is 44.8. The van der Waals surface area contributed by atoms with Crippen LogP contribution < -0.4 is 0 Å². The van der Waals surface area contributed by atoms with Gasteiger partial charge in [-0.25, -0.2) is 9.18 Å². The molecule has 0 bridgehead atoms. The third-order valence-corrected chi connectivity index (χ3v) is 6.11. The van der Waals surface area contributed by atoms with Crippen molar-refractivity contribution in [1.82, 2.24) is 9.80 Å². The number of alkyl halides is 3. The van der Waals surface area contributed by atoms with Crippen molar-refractivity contribution >= 4 is 17.7 Å². The Morgan fingerprint density at radius 3 is 2.37 bits per heavy atom. The number of amidine groups is 1. The van der Waals surface area contributed by atoms with Crippen molar-refractivity contribution in [3.05, 3.63) is 35.6 Å². The van der Waals surface area contributed by atoms with Gasteiger partial charge in [0.25, 0.3) is 5.91 Å². The van der Waals surface area contributed by atoms with E-state index >= 15 is 0 Å². The summed E-state index contributed by atoms with van der Waals surface area (Å²) in [6.45, 7) is 4.65. The van der Waals surface area contributed by atoms with Crippen molar-refractivity contribution in [3.63, 3.8) is 0 Å². The lowest BCUT2D eigenvalue weighted by Crippen LogP contribution is -2.45. The lowest BCUT2D eigenvalue weighted by atomic mass is 9.85. The summed E-state index contributed by atoms with van der Waals surface area (Å²) in [5.74, 6) is -1.08. The fourth-order valence-corrected chi connectivity index (χ4v) is 4.62. The molecule has 30 heavy (non-hydrogen) atoms. The van der Waals surface area contributed by atoms with Crippen LogP contribution in [-0.2, 0) is 16.1 Å². The molecule has 3 atom stereocenters. The summed E-state index contributed by atoms with van der Waals surface area (Å²) in [6, 6.07) is 6.71. The van der Waals surface area contributed by atoms with Crippen LogP contribution in [0, 0.1) is 17.7 Å². The minimum absolute atomic E-state index is 0.172. The smallest absolute Gasteiger partial charge is 0.475 e. The molecule has 1 saturated carbocycles. The zero-order valence-corrected chi connectivity index (χ0v) is 16.6. The molecule has 6 nitrogen and oxygen atoms in total. The SMILES string of the molecule is CC1=N[C@@]2(CC[C@@H]3CN(Cc4ccc(F)cc4)C[C@@H]32)C(=O)N1C.O=C(O)C(F)(F)F. The maximum atomic E-state index is 13.0. The number of carboxylic acid groups (broad SMARTS) is 1. The van der Waals surface area contributed by atoms with Crippen LogP contribution in [0.25, 0.3) is 0 Å². The van der Waals surface area contributed by atoms with E-state index in [-0.39, 0.29) is 11.7 Å². The van der Waals surface area contributed by atoms with E-state index in [4.69, 9.17) is 14.9 Å². The number of likely N-dealkylation sites (N-methyl/N-ethyl adjacent to an activating group) is 1. The average Bonchev–Trinajstić information content (AvgIpc) is 3.28. The molecule has 1 aromatic rings. The standard InChI is InChI=1S/C18H22FN3O.C2HF3O2/c1-12-20-18(17(23)21(12)2)8-7-14-10-22(11-16(14)18)9-13-3-5-15(19)6-4-13;3-2(4,5)1(6)7/h3-6,14,16H,7-11H2,1-2H3;(H,6,7)/t14-,16+,18-;/m1./s1. The minimum Gasteiger partial charge on any atom is -0.475 e. The van der Waals surface area contributed by atoms with Crippen molar-refractivity contribution in [2.45, 2.75) is 38.0 Å². The number of hydrogen-bond donors (Lipinski definition) is 1. The molecule has 1 amide bonds. The molecule has 10 heteroatoms. The van der Waals surface area contributed by atoms with Crippen LogP contribution in [0.15, 0.2) is 29.3 Å². The van der Waals surface area contributed by atoms with Gasteiger partial charge in [-0.2, -0.15) is 13.2 Å². The van der Waals surface area contributed by atoms with Crippen molar-refractivity contribution < 1.29 is 32.3 Å². The van der Waals surface area contributed by atoms with Crippen molar-refractivity contribution in [2.24, 2.45) is 16.8 Å². The Morgan fingerprint density at radius 2 is 1.87 bits per heavy atom. The van der Waals surface area contributed by atoms with E-state index in [9.17, 15) is 22.4 Å². The number of nitrogens with zero attached hydrogens (tertiary/aromatic N) is 3. The molecule has 1 spiro atoms. The van der Waals surface area contributed by atoms with Gasteiger partial charge in [0.1, 0.15) is 17.2 Å². The van der Waals surface area contributed by atoms with Gasteiger partial charge in [-0.15, -0.1) is 0 Å². The minimum atomic E-state index is -5.08. The van der Waals surface area contributed by atoms with Crippen LogP contribution in [0.1, 0.15) is 25.3 Å². The maximum absolute atomic E-state index is 13.0. The highest BCUT2D eigenvalue weighted by atomic mass is 19.4. The lowest BCUT2D eigenvalue weighted by Gasteiger charge is -2.27. The zero-order valence-electron chi connectivity index (χ0n) is 16.6. The van der Waals surface area contributed by atoms with Gasteiger partial charge < -0.3 is 10.0 Å². The Balaban J connectivity index is 0.000000318. The number of carboxylic acids is 1. The first-order valence-electron chi connectivity index (χ1n) is 9.55. The first-order valence-corrected chi connectivity index (χ1v) is 9.55. The second kappa shape index (κ2) is 7.98. The van der Waals surface area contributed by atoms with Crippen LogP contribution in [0.5, 0.6) is 0 Å². The fraction of sp³-hybridized carbons (Fsp3) is 0.550. The number of amides is 1. The molecule has 2 fully saturated rings. The van der Waals surface area contributed by atoms with Gasteiger partial charge in [0.2, 0.25) is 0 Å². The predicted molar refractivity (Wildman–Crippen MR) is 100 cm³/mol. The second-order valence-electron chi connectivity index (χ2n) is 7.98. The van der Waals surface area contributed by atoms with Crippen molar-refractivity contribution in [3.8, 4) is 0 Å². The third kappa shape index (κ3) is 4.19. The topological polar surface area (TPSA) is 73.2 Å². The Kier molecular flexibility index (Phi) is 5.90. The summed E-state index contributed by atoms with van der Waals surface area (Å²) in [4.78, 5) is 30.5. The zero-order chi connectivity index (χ0) is 22.3. The van der Waals surface area contributed by atoms with Gasteiger partial charge in [0.15, 0.2) is 0 Å². The molecule has 1 N–H and O–H groups in total. The summed E-state index contributed by atoms with van der Waals surface area (Å²) >= 11 is 0. The van der Waals surface area contributed by atoms with Gasteiger partial charge in [-0.05, 0) is 43.4 Å². The molecule has 0 radical (unpaired) electrons. The number of likely N-dealkylation sites (tertiary alicyclic amines) is 1.